The minimum Gasteiger partial charge on any atom is -0.311 e. The van der Waals surface area contributed by atoms with E-state index in [0.29, 0.717) is 33.9 Å². The maximum Gasteiger partial charge on any atom is 0.252 e. The fourth-order valence-corrected chi connectivity index (χ4v) is 25.7. The monoisotopic (exact) mass is 1860 g/mol. The summed E-state index contributed by atoms with van der Waals surface area (Å²) in [5, 5.41) is -0.00378. The second kappa shape index (κ2) is 32.7. The van der Waals surface area contributed by atoms with Crippen molar-refractivity contribution in [3.63, 3.8) is 0 Å². The smallest absolute Gasteiger partial charge is 0.252 e. The highest BCUT2D eigenvalue weighted by molar-refractivity contribution is 7.00. The van der Waals surface area contributed by atoms with Crippen LogP contribution in [-0.4, -0.2) is 15.8 Å². The van der Waals surface area contributed by atoms with Crippen molar-refractivity contribution >= 4 is 101 Å². The first-order valence-electron chi connectivity index (χ1n) is 56.8. The summed E-state index contributed by atoms with van der Waals surface area (Å²) in [6.45, 7) is -0.820. The lowest BCUT2D eigenvalue weighted by atomic mass is 9.33. The number of nitrogens with zero attached hydrogens (tertiary/aromatic N) is 4. The van der Waals surface area contributed by atoms with Crippen LogP contribution in [0.1, 0.15) is 86.0 Å². The molecule has 0 amide bonds. The van der Waals surface area contributed by atoms with Gasteiger partial charge in [-0.05, 0) is 252 Å². The summed E-state index contributed by atoms with van der Waals surface area (Å²) in [7, 11) is 0. The number of fused-ring (bicyclic) bond motifs is 19. The fourth-order valence-electron chi connectivity index (χ4n) is 25.7. The van der Waals surface area contributed by atoms with Gasteiger partial charge < -0.3 is 18.9 Å². The van der Waals surface area contributed by atoms with Gasteiger partial charge in [0.05, 0.1) is 68.9 Å². The van der Waals surface area contributed by atoms with Crippen molar-refractivity contribution in [2.24, 2.45) is 0 Å². The molecule has 0 saturated heterocycles. The van der Waals surface area contributed by atoms with E-state index in [0.717, 1.165) is 173 Å². The van der Waals surface area contributed by atoms with Crippen molar-refractivity contribution < 1.29 is 19.2 Å². The maximum absolute atomic E-state index is 10.8. The van der Waals surface area contributed by atoms with E-state index in [-0.39, 0.29) is 91.0 Å². The Hall–Kier alpha value is -18.7. The van der Waals surface area contributed by atoms with Gasteiger partial charge >= 0.3 is 0 Å². The molecule has 0 unspecified atom stereocenters. The fraction of sp³-hybridized carbons (Fsp3) is 0.0213. The molecule has 0 fully saturated rings. The van der Waals surface area contributed by atoms with Crippen LogP contribution in [0.5, 0.6) is 0 Å². The lowest BCUT2D eigenvalue weighted by Gasteiger charge is -2.45. The quantitative estimate of drug-likeness (QED) is 0.0951. The van der Waals surface area contributed by atoms with Crippen LogP contribution in [0.25, 0.3) is 144 Å². The zero-order valence-corrected chi connectivity index (χ0v) is 78.8. The van der Waals surface area contributed by atoms with E-state index in [1.165, 1.54) is 0 Å². The van der Waals surface area contributed by atoms with E-state index in [9.17, 15) is 19.2 Å². The van der Waals surface area contributed by atoms with E-state index in [1.54, 1.807) is 33.4 Å². The maximum atomic E-state index is 10.8. The van der Waals surface area contributed by atoms with Gasteiger partial charge in [0, 0.05) is 66.8 Å². The molecule has 4 heterocycles. The van der Waals surface area contributed by atoms with E-state index in [2.05, 4.69) is 404 Å². The Labute approximate surface area is 868 Å². The Morgan fingerprint density at radius 3 is 0.842 bits per heavy atom. The normalized spacial score (nSPS) is 15.1. The zero-order valence-electron chi connectivity index (χ0n) is 92.8. The first-order chi connectivity index (χ1) is 78.3. The standard InChI is InChI=1S/C141H91BN4/c1-9-39-92(40-10-1)95-69-76-115-113-60-30-37-67-130(113)143(132(115)86-95)106-74-81-126-134(90-106)145(128-65-35-28-55-108(128)97-72-79-124-118(84-97)111-58-26-33-63-121(111)140(124,102-47-17-5-18-48-102)103-49-19-6-20-50-103)136-88-99(94-71-78-123-117(83-94)110-57-25-32-62-120(110)139(123,100-43-13-3-14-44-100)101-45-15-4-16-46-101)89-137-138(136)142(126)127-82-75-107(144-131-68-38-31-61-114(131)116-77-70-96(87-133(116)144)93-41-11-2-12-42-93)91-135(127)146(137)129-66-36-29-56-109(129)98-73-80-125-119(85-98)112-59-27-34-64-122(112)141(125,104-51-21-7-22-52-104)105-53-23-8-24-54-105/h1-91H/i30D,31D,37D,38D,60D,61D,67D,68D,69D,70D,76D,77D,86D,87D. The first kappa shape index (κ1) is 70.0. The molecule has 25 aromatic rings. The molecule has 0 bridgehead atoms. The Kier molecular flexibility index (Phi) is 15.7. The third-order valence-corrected chi connectivity index (χ3v) is 31.6. The molecule has 5 aliphatic rings. The van der Waals surface area contributed by atoms with Crippen LogP contribution in [0.3, 0.4) is 0 Å². The van der Waals surface area contributed by atoms with Crippen LogP contribution >= 0.6 is 0 Å². The molecule has 30 rings (SSSR count). The van der Waals surface area contributed by atoms with Crippen molar-refractivity contribution in [1.29, 1.82) is 0 Å². The number of hydrogen-bond donors (Lipinski definition) is 0. The molecule has 4 nitrogen and oxygen atoms in total. The molecule has 0 atom stereocenters. The minimum absolute atomic E-state index is 0.00445. The molecule has 678 valence electrons. The lowest BCUT2D eigenvalue weighted by Crippen LogP contribution is -2.61. The zero-order chi connectivity index (χ0) is 108. The topological polar surface area (TPSA) is 16.3 Å². The second-order valence-electron chi connectivity index (χ2n) is 38.7. The molecule has 0 spiro atoms. The Morgan fingerprint density at radius 2 is 0.479 bits per heavy atom. The second-order valence-corrected chi connectivity index (χ2v) is 38.7. The summed E-state index contributed by atoms with van der Waals surface area (Å²) in [5.41, 5.74) is 31.1. The van der Waals surface area contributed by atoms with Crippen molar-refractivity contribution in [3.8, 4) is 100 Å². The van der Waals surface area contributed by atoms with Crippen LogP contribution in [0, 0.1) is 0 Å². The largest absolute Gasteiger partial charge is 0.311 e. The van der Waals surface area contributed by atoms with Crippen LogP contribution in [0.2, 0.25) is 0 Å². The summed E-state index contributed by atoms with van der Waals surface area (Å²) in [6, 6.07) is 159. The van der Waals surface area contributed by atoms with Gasteiger partial charge in [0.2, 0.25) is 0 Å². The SMILES string of the molecule is [2H]c1c([2H])c([2H])c2c(c1[2H])c1c([2H])c([2H])c(-c3ccccc3)c([2H])c1n2-c1ccc2c(c1)N(c1ccccc1-c1ccc3c(c1)-c1ccccc1C3(c1ccccc1)c1ccccc1)c1cc(-c3ccc4c(c3)-c3ccccc3C4(c3ccccc3)c3ccccc3)cc3c1B2c1ccc(-n2c4c([2H])c([2H])c([2H])c([2H])c4c4c([2H])c([2H])c(-c5ccccc5)c([2H])c42)cc1N3c1ccccc1-c1ccc2c(c1)-c1ccccc1C2(c1ccccc1)c1ccccc1. The first-order valence-corrected chi connectivity index (χ1v) is 49.8. The van der Waals surface area contributed by atoms with Crippen LogP contribution in [-0.2, 0) is 16.2 Å². The number of rotatable bonds is 15. The molecule has 2 aliphatic heterocycles. The van der Waals surface area contributed by atoms with Gasteiger partial charge in [0.25, 0.3) is 6.71 Å². The highest BCUT2D eigenvalue weighted by Gasteiger charge is 2.52. The average Bonchev–Trinajstić information content (AvgIpc) is 0.923. The molecular formula is C141H91BN4. The average molecular weight is 1870 g/mol. The van der Waals surface area contributed by atoms with Gasteiger partial charge in [-0.25, -0.2) is 0 Å². The Bertz CT molecular complexity index is 9940. The van der Waals surface area contributed by atoms with Crippen molar-refractivity contribution in [2.75, 3.05) is 9.80 Å². The highest BCUT2D eigenvalue weighted by Crippen LogP contribution is 2.63. The summed E-state index contributed by atoms with van der Waals surface area (Å²) in [4.78, 5) is 4.75. The van der Waals surface area contributed by atoms with E-state index in [4.69, 9.17) is 0 Å². The summed E-state index contributed by atoms with van der Waals surface area (Å²) in [6.07, 6.45) is 0. The third-order valence-electron chi connectivity index (χ3n) is 31.6. The molecular weight excluding hydrogens is 1760 g/mol. The Balaban J connectivity index is 0.757. The molecule has 2 aromatic heterocycles. The van der Waals surface area contributed by atoms with E-state index in [1.807, 2.05) is 48.5 Å². The lowest BCUT2D eigenvalue weighted by molar-refractivity contribution is 0.768. The summed E-state index contributed by atoms with van der Waals surface area (Å²) in [5.74, 6) is 0. The van der Waals surface area contributed by atoms with Crippen molar-refractivity contribution in [3.05, 3.63) is 618 Å². The highest BCUT2D eigenvalue weighted by atomic mass is 15.2. The molecule has 3 aliphatic carbocycles. The van der Waals surface area contributed by atoms with Gasteiger partial charge in [0.1, 0.15) is 0 Å². The van der Waals surface area contributed by atoms with Crippen LogP contribution in [0.15, 0.2) is 552 Å². The summed E-state index contributed by atoms with van der Waals surface area (Å²) < 4.78 is 145. The van der Waals surface area contributed by atoms with Crippen LogP contribution in [0.4, 0.5) is 34.1 Å². The molecule has 0 radical (unpaired) electrons. The molecule has 23 aromatic carbocycles. The predicted molar refractivity (Wildman–Crippen MR) is 608 cm³/mol. The minimum atomic E-state index is -0.820. The van der Waals surface area contributed by atoms with Crippen molar-refractivity contribution in [2.45, 2.75) is 16.2 Å². The number of anilines is 6. The number of aromatic nitrogens is 2. The number of benzene rings is 23. The molecule has 146 heavy (non-hydrogen) atoms. The van der Waals surface area contributed by atoms with Gasteiger partial charge in [-0.2, -0.15) is 0 Å². The van der Waals surface area contributed by atoms with Crippen molar-refractivity contribution in [1.82, 2.24) is 9.13 Å². The molecule has 0 N–H and O–H groups in total. The number of para-hydroxylation sites is 4. The summed E-state index contributed by atoms with van der Waals surface area (Å²) >= 11 is 0. The van der Waals surface area contributed by atoms with Gasteiger partial charge in [-0.3, -0.25) is 0 Å². The van der Waals surface area contributed by atoms with Crippen LogP contribution < -0.4 is 26.2 Å². The predicted octanol–water partition coefficient (Wildman–Crippen LogP) is 33.4. The van der Waals surface area contributed by atoms with E-state index >= 15 is 0 Å². The molecule has 0 saturated carbocycles. The van der Waals surface area contributed by atoms with E-state index < -0.39 is 71.3 Å². The Morgan fingerprint density at radius 1 is 0.185 bits per heavy atom. The number of hydrogen-bond acceptors (Lipinski definition) is 2. The third kappa shape index (κ3) is 12.0. The molecule has 5 heteroatoms. The van der Waals surface area contributed by atoms with Gasteiger partial charge in [-0.1, -0.05) is 461 Å². The van der Waals surface area contributed by atoms with Gasteiger partial charge in [0.15, 0.2) is 0 Å². The van der Waals surface area contributed by atoms with Gasteiger partial charge in [-0.15, -0.1) is 0 Å².